The highest BCUT2D eigenvalue weighted by molar-refractivity contribution is 6.38. The van der Waals surface area contributed by atoms with Crippen LogP contribution >= 0.6 is 0 Å². The first-order valence-corrected chi connectivity index (χ1v) is 6.44. The lowest BCUT2D eigenvalue weighted by atomic mass is 10.2. The molecular weight excluding hydrogens is 254 g/mol. The molecule has 0 aromatic carbocycles. The summed E-state index contributed by atoms with van der Waals surface area (Å²) in [6.07, 6.45) is 1.85. The van der Waals surface area contributed by atoms with E-state index in [0.29, 0.717) is 19.8 Å². The summed E-state index contributed by atoms with van der Waals surface area (Å²) in [5.41, 5.74) is 0.0800. The summed E-state index contributed by atoms with van der Waals surface area (Å²) in [7, 11) is 1.29. The predicted octanol–water partition coefficient (Wildman–Crippen LogP) is 0.474. The van der Waals surface area contributed by atoms with E-state index < -0.39 is 18.4 Å². The van der Waals surface area contributed by atoms with Crippen LogP contribution in [0.3, 0.4) is 0 Å². The van der Waals surface area contributed by atoms with Crippen LogP contribution in [0.25, 0.3) is 0 Å². The first-order chi connectivity index (χ1) is 9.31. The number of carbonyl (C=O) groups excluding carboxylic acids is 1. The molecule has 2 atom stereocenters. The van der Waals surface area contributed by atoms with Gasteiger partial charge in [0.15, 0.2) is 5.71 Å². The predicted molar refractivity (Wildman–Crippen MR) is 64.7 cm³/mol. The molecule has 0 aromatic rings. The zero-order valence-corrected chi connectivity index (χ0v) is 11.0. The van der Waals surface area contributed by atoms with Gasteiger partial charge in [0, 0.05) is 6.42 Å². The summed E-state index contributed by atoms with van der Waals surface area (Å²) in [5, 5.41) is 3.85. The Hall–Kier alpha value is -1.18. The summed E-state index contributed by atoms with van der Waals surface area (Å²) >= 11 is 0. The minimum atomic E-state index is -0.577. The molecule has 0 saturated carbocycles. The fourth-order valence-electron chi connectivity index (χ4n) is 1.89. The smallest absolute Gasteiger partial charge is 0.358 e. The molecular formula is C12H19NO6. The fourth-order valence-corrected chi connectivity index (χ4v) is 1.89. The van der Waals surface area contributed by atoms with E-state index >= 15 is 0 Å². The molecule has 2 heterocycles. The molecule has 0 radical (unpaired) electrons. The van der Waals surface area contributed by atoms with Gasteiger partial charge < -0.3 is 23.8 Å². The second-order valence-electron chi connectivity index (χ2n) is 4.30. The third-order valence-electron chi connectivity index (χ3n) is 2.92. The maximum absolute atomic E-state index is 11.7. The highest BCUT2D eigenvalue weighted by atomic mass is 16.8. The summed E-state index contributed by atoms with van der Waals surface area (Å²) in [6, 6.07) is 0. The molecule has 2 unspecified atom stereocenters. The average molecular weight is 273 g/mol. The lowest BCUT2D eigenvalue weighted by Gasteiger charge is -2.24. The van der Waals surface area contributed by atoms with Gasteiger partial charge in [0.25, 0.3) is 0 Å². The van der Waals surface area contributed by atoms with Crippen molar-refractivity contribution in [1.29, 1.82) is 0 Å². The Labute approximate surface area is 111 Å². The van der Waals surface area contributed by atoms with E-state index in [-0.39, 0.29) is 12.3 Å². The SMILES string of the molecule is COC(=O)/C(=N/OC1CCCCO1)C1COCCO1. The monoisotopic (exact) mass is 273 g/mol. The molecule has 2 rings (SSSR count). The minimum Gasteiger partial charge on any atom is -0.464 e. The molecule has 108 valence electrons. The summed E-state index contributed by atoms with van der Waals surface area (Å²) in [6.45, 7) is 1.84. The van der Waals surface area contributed by atoms with E-state index in [1.807, 2.05) is 0 Å². The van der Waals surface area contributed by atoms with Crippen molar-refractivity contribution in [2.24, 2.45) is 5.16 Å². The molecule has 7 nitrogen and oxygen atoms in total. The number of rotatable bonds is 4. The van der Waals surface area contributed by atoms with Crippen molar-refractivity contribution < 1.29 is 28.6 Å². The van der Waals surface area contributed by atoms with E-state index in [4.69, 9.17) is 19.0 Å². The number of carbonyl (C=O) groups is 1. The van der Waals surface area contributed by atoms with Crippen LogP contribution < -0.4 is 0 Å². The van der Waals surface area contributed by atoms with Crippen LogP contribution in [0.5, 0.6) is 0 Å². The van der Waals surface area contributed by atoms with Crippen LogP contribution in [0.4, 0.5) is 0 Å². The van der Waals surface area contributed by atoms with Crippen LogP contribution in [-0.2, 0) is 28.6 Å². The van der Waals surface area contributed by atoms with Crippen molar-refractivity contribution in [3.63, 3.8) is 0 Å². The van der Waals surface area contributed by atoms with Crippen LogP contribution in [0.2, 0.25) is 0 Å². The van der Waals surface area contributed by atoms with Crippen LogP contribution in [-0.4, -0.2) is 57.6 Å². The van der Waals surface area contributed by atoms with E-state index in [9.17, 15) is 4.79 Å². The number of ether oxygens (including phenoxy) is 4. The van der Waals surface area contributed by atoms with E-state index in [1.165, 1.54) is 7.11 Å². The van der Waals surface area contributed by atoms with Crippen molar-refractivity contribution in [2.75, 3.05) is 33.5 Å². The van der Waals surface area contributed by atoms with Crippen molar-refractivity contribution in [2.45, 2.75) is 31.7 Å². The largest absolute Gasteiger partial charge is 0.464 e. The van der Waals surface area contributed by atoms with Gasteiger partial charge in [-0.15, -0.1) is 0 Å². The van der Waals surface area contributed by atoms with Gasteiger partial charge in [0.2, 0.25) is 6.29 Å². The standard InChI is InChI=1S/C12H19NO6/c1-15-12(14)11(9-8-16-6-7-17-9)13-19-10-4-2-3-5-18-10/h9-10H,2-8H2,1H3/b13-11+. The van der Waals surface area contributed by atoms with Gasteiger partial charge in [-0.3, -0.25) is 0 Å². The molecule has 2 aliphatic rings. The zero-order chi connectivity index (χ0) is 13.5. The van der Waals surface area contributed by atoms with Crippen molar-refractivity contribution in [3.8, 4) is 0 Å². The lowest BCUT2D eigenvalue weighted by molar-refractivity contribution is -0.164. The molecule has 2 saturated heterocycles. The van der Waals surface area contributed by atoms with Crippen molar-refractivity contribution in [3.05, 3.63) is 0 Å². The maximum atomic E-state index is 11.7. The number of hydrogen-bond acceptors (Lipinski definition) is 7. The number of methoxy groups -OCH3 is 1. The molecule has 0 N–H and O–H groups in total. The van der Waals surface area contributed by atoms with Crippen molar-refractivity contribution in [1.82, 2.24) is 0 Å². The van der Waals surface area contributed by atoms with Gasteiger partial charge in [-0.25, -0.2) is 4.79 Å². The maximum Gasteiger partial charge on any atom is 0.358 e. The fraction of sp³-hybridized carbons (Fsp3) is 0.833. The van der Waals surface area contributed by atoms with Crippen molar-refractivity contribution >= 4 is 11.7 Å². The Morgan fingerprint density at radius 1 is 1.21 bits per heavy atom. The van der Waals surface area contributed by atoms with E-state index in [1.54, 1.807) is 0 Å². The Balaban J connectivity index is 1.96. The van der Waals surface area contributed by atoms with Gasteiger partial charge in [0.05, 0.1) is 33.5 Å². The third kappa shape index (κ3) is 4.15. The Kier molecular flexibility index (Phi) is 5.56. The second-order valence-corrected chi connectivity index (χ2v) is 4.30. The molecule has 7 heteroatoms. The quantitative estimate of drug-likeness (QED) is 0.421. The third-order valence-corrected chi connectivity index (χ3v) is 2.92. The number of nitrogens with zero attached hydrogens (tertiary/aromatic N) is 1. The Morgan fingerprint density at radius 2 is 2.11 bits per heavy atom. The first kappa shape index (κ1) is 14.2. The Bertz CT molecular complexity index is 320. The van der Waals surface area contributed by atoms with Gasteiger partial charge in [-0.2, -0.15) is 0 Å². The van der Waals surface area contributed by atoms with Crippen LogP contribution in [0.15, 0.2) is 5.16 Å². The van der Waals surface area contributed by atoms with Gasteiger partial charge >= 0.3 is 5.97 Å². The number of oxime groups is 1. The molecule has 2 fully saturated rings. The van der Waals surface area contributed by atoms with Crippen LogP contribution in [0.1, 0.15) is 19.3 Å². The molecule has 0 aliphatic carbocycles. The number of hydrogen-bond donors (Lipinski definition) is 0. The summed E-state index contributed by atoms with van der Waals surface area (Å²) in [4.78, 5) is 16.9. The molecule has 2 aliphatic heterocycles. The van der Waals surface area contributed by atoms with E-state index in [2.05, 4.69) is 9.89 Å². The van der Waals surface area contributed by atoms with Gasteiger partial charge in [-0.1, -0.05) is 5.16 Å². The summed E-state index contributed by atoms with van der Waals surface area (Å²) in [5.74, 6) is -0.577. The lowest BCUT2D eigenvalue weighted by Crippen LogP contribution is -2.40. The Morgan fingerprint density at radius 3 is 2.74 bits per heavy atom. The van der Waals surface area contributed by atoms with Gasteiger partial charge in [-0.05, 0) is 12.8 Å². The topological polar surface area (TPSA) is 75.6 Å². The molecule has 0 spiro atoms. The normalized spacial score (nSPS) is 28.8. The zero-order valence-electron chi connectivity index (χ0n) is 11.0. The average Bonchev–Trinajstić information content (AvgIpc) is 2.49. The minimum absolute atomic E-state index is 0.0800. The highest BCUT2D eigenvalue weighted by Crippen LogP contribution is 2.14. The van der Waals surface area contributed by atoms with Gasteiger partial charge in [0.1, 0.15) is 6.10 Å². The number of esters is 1. The van der Waals surface area contributed by atoms with E-state index in [0.717, 1.165) is 19.3 Å². The highest BCUT2D eigenvalue weighted by Gasteiger charge is 2.29. The van der Waals surface area contributed by atoms with Crippen LogP contribution in [0, 0.1) is 0 Å². The first-order valence-electron chi connectivity index (χ1n) is 6.44. The molecule has 0 aromatic heterocycles. The molecule has 0 amide bonds. The molecule has 0 bridgehead atoms. The summed E-state index contributed by atoms with van der Waals surface area (Å²) < 4.78 is 20.7. The molecule has 19 heavy (non-hydrogen) atoms. The second kappa shape index (κ2) is 7.42.